The molecule has 1 aliphatic heterocycles. The number of tetrazole rings is 1. The molecular weight excluding hydrogens is 570 g/mol. The highest BCUT2D eigenvalue weighted by Crippen LogP contribution is 2.31. The summed E-state index contributed by atoms with van der Waals surface area (Å²) in [7, 11) is 0. The summed E-state index contributed by atoms with van der Waals surface area (Å²) in [5.41, 5.74) is 1.40. The summed E-state index contributed by atoms with van der Waals surface area (Å²) in [6.45, 7) is 3.62. The fourth-order valence-corrected chi connectivity index (χ4v) is 4.93. The van der Waals surface area contributed by atoms with E-state index in [4.69, 9.17) is 0 Å². The van der Waals surface area contributed by atoms with Crippen LogP contribution in [0.1, 0.15) is 50.1 Å². The minimum absolute atomic E-state index is 0.0456. The molecule has 3 unspecified atom stereocenters. The minimum Gasteiger partial charge on any atom is -0.481 e. The lowest BCUT2D eigenvalue weighted by Gasteiger charge is -2.30. The molecule has 0 bridgehead atoms. The first-order chi connectivity index (χ1) is 21.2. The lowest BCUT2D eigenvalue weighted by molar-refractivity contribution is -0.138. The van der Waals surface area contributed by atoms with E-state index in [0.717, 1.165) is 5.56 Å². The third kappa shape index (κ3) is 7.99. The number of amides is 4. The number of nitrogens with one attached hydrogen (secondary N) is 4. The van der Waals surface area contributed by atoms with Gasteiger partial charge in [-0.15, -0.1) is 10.2 Å². The number of aliphatic carboxylic acids is 1. The molecule has 0 aliphatic carbocycles. The van der Waals surface area contributed by atoms with Crippen molar-refractivity contribution in [1.82, 2.24) is 41.6 Å². The number of carboxylic acids is 1. The molecule has 4 atom stereocenters. The number of hydrogen-bond acceptors (Lipinski definition) is 9. The summed E-state index contributed by atoms with van der Waals surface area (Å²) >= 11 is 0. The van der Waals surface area contributed by atoms with Crippen LogP contribution in [0.5, 0.6) is 0 Å². The van der Waals surface area contributed by atoms with Gasteiger partial charge in [0, 0.05) is 19.0 Å². The van der Waals surface area contributed by atoms with E-state index in [2.05, 4.69) is 41.6 Å². The van der Waals surface area contributed by atoms with Gasteiger partial charge in [-0.2, -0.15) is 5.21 Å². The fraction of sp³-hybridized carbons (Fsp3) is 0.414. The average molecular weight is 606 g/mol. The van der Waals surface area contributed by atoms with Crippen molar-refractivity contribution in [3.8, 4) is 0 Å². The number of anilines is 1. The zero-order chi connectivity index (χ0) is 31.6. The smallest absolute Gasteiger partial charge is 0.303 e. The van der Waals surface area contributed by atoms with Crippen LogP contribution < -0.4 is 20.9 Å². The number of benzene rings is 1. The van der Waals surface area contributed by atoms with Crippen LogP contribution in [0.3, 0.4) is 0 Å². The third-order valence-corrected chi connectivity index (χ3v) is 7.45. The molecule has 232 valence electrons. The van der Waals surface area contributed by atoms with Crippen LogP contribution in [0.15, 0.2) is 48.7 Å². The molecule has 4 amide bonds. The predicted octanol–water partition coefficient (Wildman–Crippen LogP) is 0.292. The highest BCUT2D eigenvalue weighted by molar-refractivity contribution is 6.06. The van der Waals surface area contributed by atoms with E-state index in [9.17, 15) is 29.1 Å². The van der Waals surface area contributed by atoms with E-state index in [1.807, 2.05) is 25.1 Å². The van der Waals surface area contributed by atoms with Crippen molar-refractivity contribution in [1.29, 1.82) is 0 Å². The van der Waals surface area contributed by atoms with Crippen LogP contribution in [0.2, 0.25) is 0 Å². The first-order valence-corrected chi connectivity index (χ1v) is 14.3. The molecule has 15 nitrogen and oxygen atoms in total. The van der Waals surface area contributed by atoms with Crippen LogP contribution >= 0.6 is 0 Å². The zero-order valence-corrected chi connectivity index (χ0v) is 24.4. The van der Waals surface area contributed by atoms with Crippen molar-refractivity contribution in [2.24, 2.45) is 5.92 Å². The van der Waals surface area contributed by atoms with Gasteiger partial charge >= 0.3 is 5.97 Å². The van der Waals surface area contributed by atoms with Crippen molar-refractivity contribution in [3.05, 3.63) is 65.6 Å². The van der Waals surface area contributed by atoms with Gasteiger partial charge in [0.1, 0.15) is 23.9 Å². The quantitative estimate of drug-likeness (QED) is 0.169. The Bertz CT molecular complexity index is 1470. The monoisotopic (exact) mass is 605 g/mol. The van der Waals surface area contributed by atoms with Gasteiger partial charge in [-0.1, -0.05) is 61.9 Å². The Morgan fingerprint density at radius 1 is 1.09 bits per heavy atom. The lowest BCUT2D eigenvalue weighted by atomic mass is 9.97. The molecular formula is C29H35N9O6. The summed E-state index contributed by atoms with van der Waals surface area (Å²) in [5, 5.41) is 30.9. The summed E-state index contributed by atoms with van der Waals surface area (Å²) in [4.78, 5) is 70.9. The first kappa shape index (κ1) is 31.7. The van der Waals surface area contributed by atoms with Crippen LogP contribution in [0.4, 0.5) is 5.82 Å². The van der Waals surface area contributed by atoms with Crippen molar-refractivity contribution in [2.75, 3.05) is 4.90 Å². The molecule has 0 fully saturated rings. The molecule has 0 saturated carbocycles. The average Bonchev–Trinajstić information content (AvgIpc) is 3.68. The van der Waals surface area contributed by atoms with Crippen molar-refractivity contribution < 1.29 is 29.1 Å². The zero-order valence-electron chi connectivity index (χ0n) is 24.4. The first-order valence-electron chi connectivity index (χ1n) is 14.3. The number of pyridine rings is 1. The summed E-state index contributed by atoms with van der Waals surface area (Å²) in [6.07, 6.45) is 1.55. The van der Waals surface area contributed by atoms with Gasteiger partial charge in [0.2, 0.25) is 17.7 Å². The second-order valence-corrected chi connectivity index (χ2v) is 10.5. The van der Waals surface area contributed by atoms with E-state index < -0.39 is 48.2 Å². The van der Waals surface area contributed by atoms with Gasteiger partial charge < -0.3 is 21.1 Å². The highest BCUT2D eigenvalue weighted by atomic mass is 16.4. The van der Waals surface area contributed by atoms with Crippen LogP contribution in [-0.4, -0.2) is 78.4 Å². The molecule has 15 heteroatoms. The van der Waals surface area contributed by atoms with Crippen LogP contribution in [0, 0.1) is 5.92 Å². The Labute approximate surface area is 253 Å². The predicted molar refractivity (Wildman–Crippen MR) is 156 cm³/mol. The molecule has 1 aromatic carbocycles. The molecule has 3 heterocycles. The Balaban J connectivity index is 1.55. The fourth-order valence-electron chi connectivity index (χ4n) is 4.93. The van der Waals surface area contributed by atoms with E-state index in [0.29, 0.717) is 12.0 Å². The van der Waals surface area contributed by atoms with E-state index in [1.165, 1.54) is 11.1 Å². The maximum Gasteiger partial charge on any atom is 0.303 e. The summed E-state index contributed by atoms with van der Waals surface area (Å²) in [5.74, 6) is -3.22. The van der Waals surface area contributed by atoms with Gasteiger partial charge in [0.25, 0.3) is 5.91 Å². The Hall–Kier alpha value is -5.21. The Morgan fingerprint density at radius 2 is 1.86 bits per heavy atom. The number of hydrogen-bond donors (Lipinski definition) is 5. The number of aromatic nitrogens is 5. The van der Waals surface area contributed by atoms with E-state index in [-0.39, 0.29) is 49.3 Å². The maximum atomic E-state index is 14.1. The second kappa shape index (κ2) is 14.8. The normalized spacial score (nSPS) is 15.9. The third-order valence-electron chi connectivity index (χ3n) is 7.45. The minimum atomic E-state index is -1.32. The number of carbonyl (C=O) groups is 5. The number of aromatic amines is 1. The number of rotatable bonds is 14. The highest BCUT2D eigenvalue weighted by Gasteiger charge is 2.42. The van der Waals surface area contributed by atoms with Crippen molar-refractivity contribution in [2.45, 2.75) is 70.6 Å². The van der Waals surface area contributed by atoms with Crippen molar-refractivity contribution in [3.63, 3.8) is 0 Å². The number of H-pyrrole nitrogens is 1. The summed E-state index contributed by atoms with van der Waals surface area (Å²) in [6, 6.07) is 9.13. The lowest BCUT2D eigenvalue weighted by Crippen LogP contribution is -2.58. The molecule has 2 aromatic heterocycles. The second-order valence-electron chi connectivity index (χ2n) is 10.5. The van der Waals surface area contributed by atoms with E-state index in [1.54, 1.807) is 31.2 Å². The van der Waals surface area contributed by atoms with Crippen LogP contribution in [-0.2, 0) is 43.4 Å². The number of carbonyl (C=O) groups excluding carboxylic acids is 4. The summed E-state index contributed by atoms with van der Waals surface area (Å²) < 4.78 is 0. The standard InChI is InChI=1S/C29H35N9O6/c1-3-17(2)25(33-23(39)14-18-8-5-4-6-9-18)28(43)32-20(11-12-24(40)41)29(44)38-21(15-19-10-7-13-30-26(19)38)27(42)31-16-22-34-36-37-35-22/h4-10,13,17,20-21,25H,3,11-12,14-16H2,1-2H3,(H,31,42)(H,32,43)(H,33,39)(H,40,41)(H,34,35,36,37)/t17?,20?,21-,25?/m0/s1. The molecule has 0 radical (unpaired) electrons. The molecule has 0 spiro atoms. The topological polar surface area (TPSA) is 212 Å². The Morgan fingerprint density at radius 3 is 2.55 bits per heavy atom. The van der Waals surface area contributed by atoms with Gasteiger partial charge in [0.15, 0.2) is 5.82 Å². The number of fused-ring (bicyclic) bond motifs is 1. The largest absolute Gasteiger partial charge is 0.481 e. The SMILES string of the molecule is CCC(C)C(NC(=O)Cc1ccccc1)C(=O)NC(CCC(=O)O)C(=O)N1c2ncccc2C[C@H]1C(=O)NCc1nn[nH]n1. The molecule has 0 saturated heterocycles. The molecule has 44 heavy (non-hydrogen) atoms. The van der Waals surface area contributed by atoms with Crippen molar-refractivity contribution >= 4 is 35.4 Å². The van der Waals surface area contributed by atoms with Gasteiger partial charge in [0.05, 0.1) is 13.0 Å². The van der Waals surface area contributed by atoms with E-state index >= 15 is 0 Å². The number of nitrogens with zero attached hydrogens (tertiary/aromatic N) is 5. The molecule has 4 rings (SSSR count). The molecule has 3 aromatic rings. The van der Waals surface area contributed by atoms with Crippen LogP contribution in [0.25, 0.3) is 0 Å². The number of carboxylic acid groups (broad SMARTS) is 1. The Kier molecular flexibility index (Phi) is 10.7. The van der Waals surface area contributed by atoms with Gasteiger partial charge in [-0.05, 0) is 29.5 Å². The molecule has 5 N–H and O–H groups in total. The van der Waals surface area contributed by atoms with Gasteiger partial charge in [-0.25, -0.2) is 4.98 Å². The van der Waals surface area contributed by atoms with Gasteiger partial charge in [-0.3, -0.25) is 28.9 Å². The molecule has 1 aliphatic rings. The maximum absolute atomic E-state index is 14.1.